The van der Waals surface area contributed by atoms with Crippen LogP contribution in [-0.4, -0.2) is 22.8 Å². The van der Waals surface area contributed by atoms with Crippen LogP contribution in [0.3, 0.4) is 0 Å². The minimum atomic E-state index is -0.341. The topological polar surface area (TPSA) is 46.3 Å². The van der Waals surface area contributed by atoms with Crippen LogP contribution in [0, 0.1) is 12.7 Å². The lowest BCUT2D eigenvalue weighted by molar-refractivity contribution is 0.0725. The average Bonchev–Trinajstić information content (AvgIpc) is 3.06. The van der Waals surface area contributed by atoms with Crippen molar-refractivity contribution in [2.45, 2.75) is 19.9 Å². The van der Waals surface area contributed by atoms with Crippen molar-refractivity contribution in [2.24, 2.45) is 0 Å². The van der Waals surface area contributed by atoms with E-state index in [0.717, 1.165) is 5.39 Å². The molecule has 0 spiro atoms. The van der Waals surface area contributed by atoms with Crippen LogP contribution in [-0.2, 0) is 0 Å². The first-order valence-electron chi connectivity index (χ1n) is 7.35. The van der Waals surface area contributed by atoms with Gasteiger partial charge in [0.15, 0.2) is 0 Å². The largest absolute Gasteiger partial charge is 0.467 e. The van der Waals surface area contributed by atoms with Gasteiger partial charge in [0.05, 0.1) is 29.1 Å². The first kappa shape index (κ1) is 15.2. The molecule has 2 aromatic heterocycles. The van der Waals surface area contributed by atoms with E-state index in [1.54, 1.807) is 43.3 Å². The Labute approximate surface area is 133 Å². The quantitative estimate of drug-likeness (QED) is 0.731. The molecule has 0 aliphatic rings. The molecule has 0 saturated carbocycles. The normalized spacial score (nSPS) is 12.3. The molecule has 23 heavy (non-hydrogen) atoms. The molecule has 4 nitrogen and oxygen atoms in total. The number of carbonyl (C=O) groups is 1. The van der Waals surface area contributed by atoms with Crippen molar-refractivity contribution in [3.05, 3.63) is 65.5 Å². The molecule has 3 rings (SSSR count). The lowest BCUT2D eigenvalue weighted by atomic mass is 10.1. The van der Waals surface area contributed by atoms with E-state index < -0.39 is 0 Å². The first-order chi connectivity index (χ1) is 11.0. The van der Waals surface area contributed by atoms with Crippen molar-refractivity contribution in [2.75, 3.05) is 7.05 Å². The number of aromatic nitrogens is 1. The van der Waals surface area contributed by atoms with Gasteiger partial charge in [0, 0.05) is 18.5 Å². The minimum Gasteiger partial charge on any atom is -0.467 e. The Balaban J connectivity index is 1.97. The summed E-state index contributed by atoms with van der Waals surface area (Å²) < 4.78 is 18.7. The fourth-order valence-corrected chi connectivity index (χ4v) is 2.54. The molecular weight excluding hydrogens is 295 g/mol. The highest BCUT2D eigenvalue weighted by molar-refractivity contribution is 5.98. The molecule has 3 aromatic rings. The van der Waals surface area contributed by atoms with Gasteiger partial charge in [-0.3, -0.25) is 9.78 Å². The van der Waals surface area contributed by atoms with Crippen molar-refractivity contribution >= 4 is 16.8 Å². The van der Waals surface area contributed by atoms with E-state index in [1.165, 1.54) is 12.1 Å². The van der Waals surface area contributed by atoms with E-state index in [2.05, 4.69) is 4.98 Å². The molecule has 1 amide bonds. The fourth-order valence-electron chi connectivity index (χ4n) is 2.54. The summed E-state index contributed by atoms with van der Waals surface area (Å²) in [5.74, 6) is 0.228. The summed E-state index contributed by atoms with van der Waals surface area (Å²) in [5, 5.41) is 0.736. The molecule has 0 aliphatic carbocycles. The molecule has 0 aliphatic heterocycles. The number of rotatable bonds is 3. The second-order valence-corrected chi connectivity index (χ2v) is 5.57. The number of amides is 1. The highest BCUT2D eigenvalue weighted by Crippen LogP contribution is 2.24. The van der Waals surface area contributed by atoms with Gasteiger partial charge in [-0.25, -0.2) is 4.39 Å². The molecule has 0 fully saturated rings. The summed E-state index contributed by atoms with van der Waals surface area (Å²) in [6.07, 6.45) is 1.58. The van der Waals surface area contributed by atoms with Gasteiger partial charge in [0.1, 0.15) is 11.6 Å². The Morgan fingerprint density at radius 2 is 2.09 bits per heavy atom. The van der Waals surface area contributed by atoms with Gasteiger partial charge in [-0.15, -0.1) is 0 Å². The number of carbonyl (C=O) groups excluding carboxylic acids is 1. The molecule has 118 valence electrons. The number of fused-ring (bicyclic) bond motifs is 1. The van der Waals surface area contributed by atoms with Crippen LogP contribution in [0.4, 0.5) is 4.39 Å². The monoisotopic (exact) mass is 312 g/mol. The Kier molecular flexibility index (Phi) is 3.86. The number of furan rings is 1. The number of halogens is 1. The summed E-state index contributed by atoms with van der Waals surface area (Å²) in [4.78, 5) is 18.7. The predicted molar refractivity (Wildman–Crippen MR) is 85.7 cm³/mol. The number of aryl methyl sites for hydroxylation is 1. The molecule has 1 atom stereocenters. The second kappa shape index (κ2) is 5.83. The lowest BCUT2D eigenvalue weighted by Crippen LogP contribution is -2.30. The highest BCUT2D eigenvalue weighted by Gasteiger charge is 2.22. The first-order valence-corrected chi connectivity index (χ1v) is 7.35. The molecule has 0 saturated heterocycles. The molecule has 1 aromatic carbocycles. The van der Waals surface area contributed by atoms with Crippen LogP contribution in [0.2, 0.25) is 0 Å². The molecule has 1 unspecified atom stereocenters. The van der Waals surface area contributed by atoms with E-state index in [-0.39, 0.29) is 17.8 Å². The Morgan fingerprint density at radius 1 is 1.30 bits per heavy atom. The van der Waals surface area contributed by atoms with Crippen molar-refractivity contribution in [3.63, 3.8) is 0 Å². The lowest BCUT2D eigenvalue weighted by Gasteiger charge is -2.24. The maximum Gasteiger partial charge on any atom is 0.256 e. The summed E-state index contributed by atoms with van der Waals surface area (Å²) in [7, 11) is 1.73. The third kappa shape index (κ3) is 2.82. The van der Waals surface area contributed by atoms with Crippen molar-refractivity contribution < 1.29 is 13.6 Å². The van der Waals surface area contributed by atoms with Gasteiger partial charge in [0.25, 0.3) is 5.91 Å². The third-order valence-electron chi connectivity index (χ3n) is 4.06. The van der Waals surface area contributed by atoms with Crippen LogP contribution < -0.4 is 0 Å². The van der Waals surface area contributed by atoms with Crippen molar-refractivity contribution in [1.29, 1.82) is 0 Å². The maximum absolute atomic E-state index is 13.3. The van der Waals surface area contributed by atoms with Crippen molar-refractivity contribution in [1.82, 2.24) is 9.88 Å². The molecule has 0 N–H and O–H groups in total. The zero-order chi connectivity index (χ0) is 16.6. The van der Waals surface area contributed by atoms with Gasteiger partial charge < -0.3 is 9.32 Å². The Hall–Kier alpha value is -2.69. The average molecular weight is 312 g/mol. The number of hydrogen-bond donors (Lipinski definition) is 0. The summed E-state index contributed by atoms with van der Waals surface area (Å²) in [6.45, 7) is 3.65. The zero-order valence-corrected chi connectivity index (χ0v) is 13.2. The number of benzene rings is 1. The van der Waals surface area contributed by atoms with E-state index in [9.17, 15) is 9.18 Å². The zero-order valence-electron chi connectivity index (χ0n) is 13.2. The molecule has 2 heterocycles. The van der Waals surface area contributed by atoms with E-state index in [1.807, 2.05) is 13.0 Å². The molecule has 5 heteroatoms. The standard InChI is InChI=1S/C18H17FN2O2/c1-11-15(9-13-6-7-14(19)10-16(13)20-11)18(22)21(3)12(2)17-5-4-8-23-17/h4-10,12H,1-3H3. The van der Waals surface area contributed by atoms with Crippen LogP contribution in [0.5, 0.6) is 0 Å². The van der Waals surface area contributed by atoms with Crippen LogP contribution in [0.1, 0.15) is 34.8 Å². The van der Waals surface area contributed by atoms with E-state index in [4.69, 9.17) is 4.42 Å². The summed E-state index contributed by atoms with van der Waals surface area (Å²) in [6, 6.07) is 9.55. The SMILES string of the molecule is Cc1nc2cc(F)ccc2cc1C(=O)N(C)C(C)c1ccco1. The van der Waals surface area contributed by atoms with Crippen LogP contribution in [0.15, 0.2) is 47.1 Å². The van der Waals surface area contributed by atoms with Crippen LogP contribution >= 0.6 is 0 Å². The van der Waals surface area contributed by atoms with Crippen molar-refractivity contribution in [3.8, 4) is 0 Å². The van der Waals surface area contributed by atoms with Gasteiger partial charge in [-0.1, -0.05) is 0 Å². The highest BCUT2D eigenvalue weighted by atomic mass is 19.1. The Morgan fingerprint density at radius 3 is 2.78 bits per heavy atom. The van der Waals surface area contributed by atoms with Gasteiger partial charge in [-0.05, 0) is 44.2 Å². The molecule has 0 radical (unpaired) electrons. The van der Waals surface area contributed by atoms with E-state index >= 15 is 0 Å². The number of nitrogens with zero attached hydrogens (tertiary/aromatic N) is 2. The maximum atomic E-state index is 13.3. The van der Waals surface area contributed by atoms with Gasteiger partial charge in [0.2, 0.25) is 0 Å². The fraction of sp³-hybridized carbons (Fsp3) is 0.222. The smallest absolute Gasteiger partial charge is 0.256 e. The van der Waals surface area contributed by atoms with E-state index in [0.29, 0.717) is 22.5 Å². The molecule has 0 bridgehead atoms. The minimum absolute atomic E-state index is 0.148. The number of hydrogen-bond acceptors (Lipinski definition) is 3. The summed E-state index contributed by atoms with van der Waals surface area (Å²) >= 11 is 0. The predicted octanol–water partition coefficient (Wildman–Crippen LogP) is 4.11. The second-order valence-electron chi connectivity index (χ2n) is 5.57. The third-order valence-corrected chi connectivity index (χ3v) is 4.06. The van der Waals surface area contributed by atoms with Crippen LogP contribution in [0.25, 0.3) is 10.9 Å². The molecular formula is C18H17FN2O2. The Bertz CT molecular complexity index is 859. The van der Waals surface area contributed by atoms with Gasteiger partial charge >= 0.3 is 0 Å². The number of pyridine rings is 1. The summed E-state index contributed by atoms with van der Waals surface area (Å²) in [5.41, 5.74) is 1.62. The van der Waals surface area contributed by atoms with Gasteiger partial charge in [-0.2, -0.15) is 0 Å².